The number of rotatable bonds is 4. The molecule has 1 aromatic rings. The van der Waals surface area contributed by atoms with E-state index in [9.17, 15) is 9.90 Å². The van der Waals surface area contributed by atoms with Crippen molar-refractivity contribution in [3.8, 4) is 17.2 Å². The molecule has 0 radical (unpaired) electrons. The van der Waals surface area contributed by atoms with Gasteiger partial charge in [0.2, 0.25) is 18.3 Å². The molecule has 2 aliphatic heterocycles. The summed E-state index contributed by atoms with van der Waals surface area (Å²) in [6, 6.07) is 3.53. The van der Waals surface area contributed by atoms with E-state index in [4.69, 9.17) is 28.7 Å². The summed E-state index contributed by atoms with van der Waals surface area (Å²) >= 11 is 0. The molecule has 2 atom stereocenters. The number of allylic oxidation sites excluding steroid dienone is 1. The Bertz CT molecular complexity index is 946. The second kappa shape index (κ2) is 6.47. The van der Waals surface area contributed by atoms with Gasteiger partial charge in [0.25, 0.3) is 5.78 Å². The highest BCUT2D eigenvalue weighted by atomic mass is 16.7. The van der Waals surface area contributed by atoms with Crippen molar-refractivity contribution in [2.24, 2.45) is 10.4 Å². The van der Waals surface area contributed by atoms with Crippen LogP contribution in [0.25, 0.3) is 0 Å². The highest BCUT2D eigenvalue weighted by Crippen LogP contribution is 2.50. The van der Waals surface area contributed by atoms with Crippen LogP contribution in [0.1, 0.15) is 18.9 Å². The van der Waals surface area contributed by atoms with Crippen LogP contribution in [0.3, 0.4) is 0 Å². The fraction of sp³-hybridized carbons (Fsp3) is 0.400. The number of nitrogens with zero attached hydrogens (tertiary/aromatic N) is 1. The van der Waals surface area contributed by atoms with Crippen LogP contribution in [0.2, 0.25) is 0 Å². The maximum Gasteiger partial charge on any atom is 0.265 e. The number of hydrogen-bond donors (Lipinski definition) is 1. The predicted molar refractivity (Wildman–Crippen MR) is 98.9 cm³/mol. The van der Waals surface area contributed by atoms with Crippen molar-refractivity contribution in [1.29, 1.82) is 0 Å². The molecule has 1 aromatic carbocycles. The van der Waals surface area contributed by atoms with Crippen molar-refractivity contribution >= 4 is 11.5 Å². The highest BCUT2D eigenvalue weighted by molar-refractivity contribution is 6.15. The predicted octanol–water partition coefficient (Wildman–Crippen LogP) is 2.52. The van der Waals surface area contributed by atoms with E-state index in [0.717, 1.165) is 0 Å². The van der Waals surface area contributed by atoms with Gasteiger partial charge in [-0.25, -0.2) is 0 Å². The Hall–Kier alpha value is -3.16. The van der Waals surface area contributed by atoms with Gasteiger partial charge in [0.05, 0.1) is 32.5 Å². The van der Waals surface area contributed by atoms with E-state index in [1.807, 2.05) is 13.0 Å². The van der Waals surface area contributed by atoms with Crippen molar-refractivity contribution in [3.05, 3.63) is 41.0 Å². The van der Waals surface area contributed by atoms with Crippen molar-refractivity contribution in [3.63, 3.8) is 0 Å². The van der Waals surface area contributed by atoms with Gasteiger partial charge in [0, 0.05) is 11.6 Å². The summed E-state index contributed by atoms with van der Waals surface area (Å²) in [4.78, 5) is 17.2. The molecular formula is C20H21NO7. The maximum atomic E-state index is 12.4. The number of aliphatic hydroxyl groups is 1. The number of aliphatic hydroxyl groups excluding tert-OH is 1. The first-order valence-electron chi connectivity index (χ1n) is 8.80. The first-order valence-corrected chi connectivity index (χ1v) is 8.80. The number of fused-ring (bicyclic) bond motifs is 1. The zero-order chi connectivity index (χ0) is 20.1. The van der Waals surface area contributed by atoms with Crippen LogP contribution < -0.4 is 14.2 Å². The van der Waals surface area contributed by atoms with Crippen molar-refractivity contribution in [1.82, 2.24) is 0 Å². The molecule has 3 aliphatic rings. The molecule has 8 heteroatoms. The third-order valence-electron chi connectivity index (χ3n) is 5.18. The topological polar surface area (TPSA) is 95.8 Å². The van der Waals surface area contributed by atoms with E-state index in [2.05, 4.69) is 0 Å². The van der Waals surface area contributed by atoms with Gasteiger partial charge in [-0.05, 0) is 31.6 Å². The zero-order valence-corrected chi connectivity index (χ0v) is 16.1. The minimum atomic E-state index is -0.948. The number of carbonyl (C=O) groups excluding carboxylic acids is 1. The molecule has 0 bridgehead atoms. The Morgan fingerprint density at radius 1 is 1.18 bits per heavy atom. The molecule has 0 aromatic heterocycles. The molecule has 4 rings (SSSR count). The number of methoxy groups -OCH3 is 3. The number of aliphatic imine (C=N–C) groups is 1. The van der Waals surface area contributed by atoms with E-state index in [-0.39, 0.29) is 24.4 Å². The number of ketones is 1. The SMILES string of the molecule is COC1=C[C@@]2(C[C@H](C)N=C2c2cc(OC)c3c(c2)OCO3)C(OC)=C(O)C1=O. The van der Waals surface area contributed by atoms with Crippen LogP contribution in [0.4, 0.5) is 0 Å². The van der Waals surface area contributed by atoms with Gasteiger partial charge >= 0.3 is 0 Å². The lowest BCUT2D eigenvalue weighted by Crippen LogP contribution is -2.36. The molecule has 0 amide bonds. The maximum absolute atomic E-state index is 12.4. The molecule has 0 saturated heterocycles. The Balaban J connectivity index is 1.93. The fourth-order valence-electron chi connectivity index (χ4n) is 4.09. The summed E-state index contributed by atoms with van der Waals surface area (Å²) in [5.41, 5.74) is 0.395. The summed E-state index contributed by atoms with van der Waals surface area (Å²) in [7, 11) is 4.36. The van der Waals surface area contributed by atoms with Gasteiger partial charge in [-0.15, -0.1) is 0 Å². The lowest BCUT2D eigenvalue weighted by Gasteiger charge is -2.33. The largest absolute Gasteiger partial charge is 0.502 e. The lowest BCUT2D eigenvalue weighted by molar-refractivity contribution is -0.118. The van der Waals surface area contributed by atoms with Gasteiger partial charge in [-0.3, -0.25) is 9.79 Å². The van der Waals surface area contributed by atoms with Crippen LogP contribution in [0.15, 0.2) is 40.5 Å². The van der Waals surface area contributed by atoms with Crippen LogP contribution in [0.5, 0.6) is 17.2 Å². The van der Waals surface area contributed by atoms with E-state index < -0.39 is 17.0 Å². The molecule has 1 aliphatic carbocycles. The quantitative estimate of drug-likeness (QED) is 0.848. The fourth-order valence-corrected chi connectivity index (χ4v) is 4.09. The molecule has 1 spiro atoms. The second-order valence-corrected chi connectivity index (χ2v) is 6.84. The summed E-state index contributed by atoms with van der Waals surface area (Å²) in [5, 5.41) is 10.5. The third-order valence-corrected chi connectivity index (χ3v) is 5.18. The Morgan fingerprint density at radius 2 is 1.96 bits per heavy atom. The van der Waals surface area contributed by atoms with Gasteiger partial charge in [-0.1, -0.05) is 0 Å². The summed E-state index contributed by atoms with van der Waals surface area (Å²) < 4.78 is 27.2. The molecule has 148 valence electrons. The monoisotopic (exact) mass is 387 g/mol. The normalized spacial score (nSPS) is 25.7. The molecule has 2 heterocycles. The van der Waals surface area contributed by atoms with Crippen LogP contribution in [-0.2, 0) is 14.3 Å². The van der Waals surface area contributed by atoms with E-state index in [0.29, 0.717) is 34.9 Å². The average molecular weight is 387 g/mol. The van der Waals surface area contributed by atoms with Crippen LogP contribution in [-0.4, -0.2) is 50.8 Å². The molecular weight excluding hydrogens is 366 g/mol. The van der Waals surface area contributed by atoms with Gasteiger partial charge in [0.1, 0.15) is 0 Å². The zero-order valence-electron chi connectivity index (χ0n) is 16.1. The third kappa shape index (κ3) is 2.44. The highest BCUT2D eigenvalue weighted by Gasteiger charge is 2.51. The Kier molecular flexibility index (Phi) is 4.21. The molecule has 0 fully saturated rings. The molecule has 8 nitrogen and oxygen atoms in total. The van der Waals surface area contributed by atoms with Crippen LogP contribution >= 0.6 is 0 Å². The standard InChI is InChI=1S/C20H21NO7/c1-10-7-20(8-14(25-3)15(22)16(23)19(20)26-4)18(21-10)11-5-12(24-2)17-13(6-11)27-9-28-17/h5-6,8,10,23H,7,9H2,1-4H3/t10-,20+/m0/s1. The van der Waals surface area contributed by atoms with Crippen LogP contribution in [0, 0.1) is 5.41 Å². The second-order valence-electron chi connectivity index (χ2n) is 6.84. The lowest BCUT2D eigenvalue weighted by atomic mass is 9.72. The van der Waals surface area contributed by atoms with Gasteiger partial charge < -0.3 is 28.8 Å². The van der Waals surface area contributed by atoms with Gasteiger partial charge in [0.15, 0.2) is 23.0 Å². The molecule has 0 unspecified atom stereocenters. The molecule has 28 heavy (non-hydrogen) atoms. The van der Waals surface area contributed by atoms with E-state index in [1.54, 1.807) is 19.3 Å². The smallest absolute Gasteiger partial charge is 0.265 e. The van der Waals surface area contributed by atoms with Crippen molar-refractivity contribution in [2.45, 2.75) is 19.4 Å². The number of benzene rings is 1. The Labute approximate surface area is 162 Å². The average Bonchev–Trinajstić information content (AvgIpc) is 3.29. The summed E-state index contributed by atoms with van der Waals surface area (Å²) in [5.74, 6) is 0.692. The van der Waals surface area contributed by atoms with Gasteiger partial charge in [-0.2, -0.15) is 0 Å². The van der Waals surface area contributed by atoms with E-state index >= 15 is 0 Å². The minimum Gasteiger partial charge on any atom is -0.502 e. The van der Waals surface area contributed by atoms with Crippen molar-refractivity contribution in [2.75, 3.05) is 28.1 Å². The number of hydrogen-bond acceptors (Lipinski definition) is 8. The number of Topliss-reactive ketones (excluding diaryl/α,β-unsaturated/α-hetero) is 1. The minimum absolute atomic E-state index is 0.0489. The van der Waals surface area contributed by atoms with E-state index in [1.165, 1.54) is 14.2 Å². The Morgan fingerprint density at radius 3 is 2.64 bits per heavy atom. The molecule has 1 N–H and O–H groups in total. The van der Waals surface area contributed by atoms with Crippen molar-refractivity contribution < 1.29 is 33.6 Å². The number of carbonyl (C=O) groups is 1. The first-order chi connectivity index (χ1) is 13.4. The summed E-state index contributed by atoms with van der Waals surface area (Å²) in [6.07, 6.45) is 2.18. The molecule has 0 saturated carbocycles. The number of ether oxygens (including phenoxy) is 5. The summed E-state index contributed by atoms with van der Waals surface area (Å²) in [6.45, 7) is 2.06. The first kappa shape index (κ1) is 18.2.